The normalized spacial score (nSPS) is 20.1. The van der Waals surface area contributed by atoms with E-state index in [9.17, 15) is 18.0 Å². The summed E-state index contributed by atoms with van der Waals surface area (Å²) in [5.41, 5.74) is 5.32. The molecule has 0 saturated carbocycles. The number of benzene rings is 1. The van der Waals surface area contributed by atoms with Crippen LogP contribution in [0, 0.1) is 5.92 Å². The molecule has 1 aliphatic heterocycles. The van der Waals surface area contributed by atoms with Crippen LogP contribution in [-0.4, -0.2) is 42.8 Å². The molecule has 0 aliphatic carbocycles. The first-order valence-electron chi connectivity index (χ1n) is 6.45. The zero-order chi connectivity index (χ0) is 15.6. The summed E-state index contributed by atoms with van der Waals surface area (Å²) in [7, 11) is -3.75. The van der Waals surface area contributed by atoms with Crippen LogP contribution in [0.2, 0.25) is 0 Å². The zero-order valence-electron chi connectivity index (χ0n) is 11.2. The van der Waals surface area contributed by atoms with Crippen molar-refractivity contribution in [1.82, 2.24) is 4.31 Å². The number of piperidine rings is 1. The largest absolute Gasteiger partial charge is 0.481 e. The smallest absolute Gasteiger partial charge is 0.307 e. The highest BCUT2D eigenvalue weighted by Crippen LogP contribution is 2.24. The van der Waals surface area contributed by atoms with Gasteiger partial charge in [-0.25, -0.2) is 8.42 Å². The fraction of sp³-hybridized carbons (Fsp3) is 0.385. The highest BCUT2D eigenvalue weighted by atomic mass is 32.2. The Morgan fingerprint density at radius 3 is 2.38 bits per heavy atom. The molecule has 0 bridgehead atoms. The van der Waals surface area contributed by atoms with Crippen molar-refractivity contribution in [1.29, 1.82) is 0 Å². The summed E-state index contributed by atoms with van der Waals surface area (Å²) in [6.07, 6.45) is 0.984. The number of hydrogen-bond donors (Lipinski definition) is 2. The summed E-state index contributed by atoms with van der Waals surface area (Å²) >= 11 is 0. The number of carboxylic acids is 1. The van der Waals surface area contributed by atoms with Gasteiger partial charge in [-0.2, -0.15) is 4.31 Å². The molecule has 3 N–H and O–H groups in total. The van der Waals surface area contributed by atoms with Crippen LogP contribution in [-0.2, 0) is 14.8 Å². The molecule has 1 atom stereocenters. The number of carbonyl (C=O) groups excluding carboxylic acids is 1. The molecule has 1 heterocycles. The number of carbonyl (C=O) groups is 2. The van der Waals surface area contributed by atoms with E-state index in [0.29, 0.717) is 19.4 Å². The van der Waals surface area contributed by atoms with Gasteiger partial charge in [-0.1, -0.05) is 0 Å². The number of sulfonamides is 1. The van der Waals surface area contributed by atoms with Crippen molar-refractivity contribution in [2.24, 2.45) is 11.7 Å². The number of carboxylic acid groups (broad SMARTS) is 1. The van der Waals surface area contributed by atoms with Gasteiger partial charge in [-0.3, -0.25) is 9.59 Å². The van der Waals surface area contributed by atoms with Gasteiger partial charge in [0.25, 0.3) is 0 Å². The predicted molar refractivity (Wildman–Crippen MR) is 74.1 cm³/mol. The average Bonchev–Trinajstić information content (AvgIpc) is 2.47. The molecule has 1 aromatic rings. The number of rotatable bonds is 4. The summed E-state index contributed by atoms with van der Waals surface area (Å²) in [5, 5.41) is 9.02. The highest BCUT2D eigenvalue weighted by Gasteiger charge is 2.33. The summed E-state index contributed by atoms with van der Waals surface area (Å²) in [4.78, 5) is 22.0. The first-order valence-corrected chi connectivity index (χ1v) is 7.89. The van der Waals surface area contributed by atoms with Crippen molar-refractivity contribution >= 4 is 21.9 Å². The lowest BCUT2D eigenvalue weighted by Crippen LogP contribution is -2.42. The summed E-state index contributed by atoms with van der Waals surface area (Å²) < 4.78 is 26.1. The first kappa shape index (κ1) is 15.5. The first-order chi connectivity index (χ1) is 9.82. The lowest BCUT2D eigenvalue weighted by atomic mass is 10.0. The molecule has 1 aromatic carbocycles. The number of nitrogens with two attached hydrogens (primary N) is 1. The molecule has 0 spiro atoms. The quantitative estimate of drug-likeness (QED) is 0.827. The van der Waals surface area contributed by atoms with Crippen LogP contribution in [0.4, 0.5) is 0 Å². The molecular formula is C13H16N2O5S. The molecule has 1 fully saturated rings. The molecule has 1 amide bonds. The van der Waals surface area contributed by atoms with E-state index in [-0.39, 0.29) is 17.0 Å². The van der Waals surface area contributed by atoms with Gasteiger partial charge in [0, 0.05) is 18.7 Å². The lowest BCUT2D eigenvalue weighted by molar-refractivity contribution is -0.142. The molecule has 21 heavy (non-hydrogen) atoms. The van der Waals surface area contributed by atoms with E-state index in [1.807, 2.05) is 0 Å². The van der Waals surface area contributed by atoms with Crippen LogP contribution in [0.25, 0.3) is 0 Å². The third-order valence-electron chi connectivity index (χ3n) is 3.51. The molecule has 0 aromatic heterocycles. The fourth-order valence-corrected chi connectivity index (χ4v) is 3.83. The van der Waals surface area contributed by atoms with E-state index >= 15 is 0 Å². The van der Waals surface area contributed by atoms with Gasteiger partial charge in [-0.05, 0) is 37.1 Å². The molecule has 7 nitrogen and oxygen atoms in total. The number of primary amides is 1. The molecular weight excluding hydrogens is 296 g/mol. The Morgan fingerprint density at radius 1 is 1.24 bits per heavy atom. The van der Waals surface area contributed by atoms with Gasteiger partial charge >= 0.3 is 5.97 Å². The topological polar surface area (TPSA) is 118 Å². The number of nitrogens with zero attached hydrogens (tertiary/aromatic N) is 1. The Bertz CT molecular complexity index is 654. The molecule has 2 rings (SSSR count). The molecule has 1 saturated heterocycles. The maximum Gasteiger partial charge on any atom is 0.307 e. The monoisotopic (exact) mass is 312 g/mol. The van der Waals surface area contributed by atoms with Crippen LogP contribution >= 0.6 is 0 Å². The Hall–Kier alpha value is -1.93. The van der Waals surface area contributed by atoms with Crippen LogP contribution in [0.1, 0.15) is 23.2 Å². The van der Waals surface area contributed by atoms with E-state index < -0.39 is 27.8 Å². The van der Waals surface area contributed by atoms with Crippen molar-refractivity contribution in [2.75, 3.05) is 13.1 Å². The van der Waals surface area contributed by atoms with Gasteiger partial charge in [0.15, 0.2) is 0 Å². The van der Waals surface area contributed by atoms with Gasteiger partial charge < -0.3 is 10.8 Å². The van der Waals surface area contributed by atoms with Crippen molar-refractivity contribution < 1.29 is 23.1 Å². The Labute approximate surface area is 122 Å². The van der Waals surface area contributed by atoms with Crippen LogP contribution in [0.3, 0.4) is 0 Å². The van der Waals surface area contributed by atoms with Crippen LogP contribution in [0.5, 0.6) is 0 Å². The maximum atomic E-state index is 12.5. The maximum absolute atomic E-state index is 12.5. The summed E-state index contributed by atoms with van der Waals surface area (Å²) in [6, 6.07) is 5.29. The molecule has 1 aliphatic rings. The molecule has 0 radical (unpaired) electrons. The average molecular weight is 312 g/mol. The van der Waals surface area contributed by atoms with Crippen LogP contribution < -0.4 is 5.73 Å². The van der Waals surface area contributed by atoms with Crippen molar-refractivity contribution in [2.45, 2.75) is 17.7 Å². The number of amides is 1. The number of hydrogen-bond acceptors (Lipinski definition) is 4. The van der Waals surface area contributed by atoms with E-state index in [4.69, 9.17) is 10.8 Å². The predicted octanol–water partition coefficient (Wildman–Crippen LogP) is 0.271. The van der Waals surface area contributed by atoms with Gasteiger partial charge in [0.05, 0.1) is 10.8 Å². The Morgan fingerprint density at radius 2 is 1.86 bits per heavy atom. The second-order valence-electron chi connectivity index (χ2n) is 4.93. The van der Waals surface area contributed by atoms with Gasteiger partial charge in [0.1, 0.15) is 0 Å². The van der Waals surface area contributed by atoms with E-state index in [2.05, 4.69) is 0 Å². The summed E-state index contributed by atoms with van der Waals surface area (Å²) in [6.45, 7) is 0.263. The number of aliphatic carboxylic acids is 1. The zero-order valence-corrected chi connectivity index (χ0v) is 12.0. The van der Waals surface area contributed by atoms with Crippen LogP contribution in [0.15, 0.2) is 29.2 Å². The third-order valence-corrected chi connectivity index (χ3v) is 5.39. The molecule has 8 heteroatoms. The summed E-state index contributed by atoms with van der Waals surface area (Å²) in [5.74, 6) is -2.31. The third kappa shape index (κ3) is 3.22. The van der Waals surface area contributed by atoms with Crippen molar-refractivity contribution in [3.8, 4) is 0 Å². The minimum absolute atomic E-state index is 0.0264. The molecule has 114 valence electrons. The Balaban J connectivity index is 2.24. The molecule has 1 unspecified atom stereocenters. The van der Waals surface area contributed by atoms with Gasteiger partial charge in [0.2, 0.25) is 15.9 Å². The van der Waals surface area contributed by atoms with E-state index in [0.717, 1.165) is 0 Å². The van der Waals surface area contributed by atoms with E-state index in [1.165, 1.54) is 28.6 Å². The fourth-order valence-electron chi connectivity index (χ4n) is 2.30. The lowest BCUT2D eigenvalue weighted by Gasteiger charge is -2.29. The second-order valence-corrected chi connectivity index (χ2v) is 6.87. The van der Waals surface area contributed by atoms with Gasteiger partial charge in [-0.15, -0.1) is 0 Å². The highest BCUT2D eigenvalue weighted by molar-refractivity contribution is 7.89. The minimum Gasteiger partial charge on any atom is -0.481 e. The SMILES string of the molecule is NC(=O)c1ccc(S(=O)(=O)N2CCCC(C(=O)O)C2)cc1. The Kier molecular flexibility index (Phi) is 4.29. The standard InChI is InChI=1S/C13H16N2O5S/c14-12(16)9-3-5-11(6-4-9)21(19,20)15-7-1-2-10(8-15)13(17)18/h3-6,10H,1-2,7-8H2,(H2,14,16)(H,17,18). The van der Waals surface area contributed by atoms with Crippen molar-refractivity contribution in [3.63, 3.8) is 0 Å². The van der Waals surface area contributed by atoms with Crippen molar-refractivity contribution in [3.05, 3.63) is 29.8 Å². The second kappa shape index (κ2) is 5.82. The van der Waals surface area contributed by atoms with E-state index in [1.54, 1.807) is 0 Å². The minimum atomic E-state index is -3.75.